The summed E-state index contributed by atoms with van der Waals surface area (Å²) in [6.45, 7) is 8.82. The average molecular weight is 474 g/mol. The third kappa shape index (κ3) is 8.25. The molecular formula is C19H31IN4O2. The molecule has 0 radical (unpaired) electrons. The highest BCUT2D eigenvalue weighted by Crippen LogP contribution is 2.30. The van der Waals surface area contributed by atoms with Gasteiger partial charge in [-0.3, -0.25) is 4.79 Å². The molecular weight excluding hydrogens is 443 g/mol. The van der Waals surface area contributed by atoms with Gasteiger partial charge in [-0.1, -0.05) is 12.1 Å². The number of carbonyl (C=O) groups is 1. The van der Waals surface area contributed by atoms with Gasteiger partial charge in [-0.05, 0) is 51.2 Å². The van der Waals surface area contributed by atoms with Crippen molar-refractivity contribution in [2.45, 2.75) is 40.2 Å². The van der Waals surface area contributed by atoms with E-state index >= 15 is 0 Å². The number of nitrogens with zero attached hydrogens (tertiary/aromatic N) is 1. The number of aryl methyl sites for hydroxylation is 1. The Kier molecular flexibility index (Phi) is 10.4. The van der Waals surface area contributed by atoms with Crippen molar-refractivity contribution in [2.75, 3.05) is 26.2 Å². The van der Waals surface area contributed by atoms with Crippen LogP contribution in [0.3, 0.4) is 0 Å². The van der Waals surface area contributed by atoms with Gasteiger partial charge >= 0.3 is 0 Å². The molecule has 2 rings (SSSR count). The molecule has 26 heavy (non-hydrogen) atoms. The highest BCUT2D eigenvalue weighted by molar-refractivity contribution is 14.0. The summed E-state index contributed by atoms with van der Waals surface area (Å²) in [5, 5.41) is 8.97. The Labute approximate surface area is 173 Å². The topological polar surface area (TPSA) is 74.8 Å². The summed E-state index contributed by atoms with van der Waals surface area (Å²) in [6.07, 6.45) is 2.54. The molecule has 7 heteroatoms. The molecule has 0 heterocycles. The molecule has 3 N–H and O–H groups in total. The van der Waals surface area contributed by atoms with E-state index in [0.717, 1.165) is 24.5 Å². The molecule has 1 saturated carbocycles. The van der Waals surface area contributed by atoms with Crippen LogP contribution < -0.4 is 20.7 Å². The molecule has 146 valence electrons. The van der Waals surface area contributed by atoms with Gasteiger partial charge in [-0.15, -0.1) is 24.0 Å². The largest absolute Gasteiger partial charge is 0.493 e. The first-order valence-electron chi connectivity index (χ1n) is 9.13. The summed E-state index contributed by atoms with van der Waals surface area (Å²) in [5.41, 5.74) is 2.24. The maximum absolute atomic E-state index is 11.6. The van der Waals surface area contributed by atoms with Crippen LogP contribution >= 0.6 is 24.0 Å². The van der Waals surface area contributed by atoms with E-state index < -0.39 is 0 Å². The minimum absolute atomic E-state index is 0. The molecule has 0 bridgehead atoms. The second-order valence-corrected chi connectivity index (χ2v) is 6.37. The zero-order chi connectivity index (χ0) is 18.1. The second kappa shape index (κ2) is 12.0. The van der Waals surface area contributed by atoms with Crippen molar-refractivity contribution in [1.82, 2.24) is 16.0 Å². The molecule has 1 aromatic rings. The Morgan fingerprint density at radius 3 is 2.58 bits per heavy atom. The minimum Gasteiger partial charge on any atom is -0.493 e. The van der Waals surface area contributed by atoms with Gasteiger partial charge in [0, 0.05) is 18.7 Å². The van der Waals surface area contributed by atoms with Crippen molar-refractivity contribution in [2.24, 2.45) is 10.9 Å². The number of ether oxygens (including phenoxy) is 1. The molecule has 6 nitrogen and oxygen atoms in total. The van der Waals surface area contributed by atoms with E-state index in [4.69, 9.17) is 4.74 Å². The third-order valence-electron chi connectivity index (χ3n) is 3.94. The van der Waals surface area contributed by atoms with Crippen LogP contribution in [-0.2, 0) is 11.3 Å². The standard InChI is InChI=1S/C19H30N4O2.HI/c1-4-20-18(24)12-23-19(21-5-2)22-11-16-9-6-14(3)10-17(16)25-13-15-7-8-15;/h6,9-10,15H,4-5,7-8,11-13H2,1-3H3,(H,20,24)(H2,21,22,23);1H. The number of amides is 1. The summed E-state index contributed by atoms with van der Waals surface area (Å²) >= 11 is 0. The highest BCUT2D eigenvalue weighted by Gasteiger charge is 2.22. The third-order valence-corrected chi connectivity index (χ3v) is 3.94. The molecule has 0 atom stereocenters. The number of nitrogens with one attached hydrogen (secondary N) is 3. The van der Waals surface area contributed by atoms with Crippen molar-refractivity contribution in [3.63, 3.8) is 0 Å². The molecule has 1 amide bonds. The number of hydrogen-bond donors (Lipinski definition) is 3. The normalized spacial score (nSPS) is 13.6. The van der Waals surface area contributed by atoms with Gasteiger partial charge in [-0.25, -0.2) is 4.99 Å². The van der Waals surface area contributed by atoms with Crippen LogP contribution in [0.5, 0.6) is 5.75 Å². The molecule has 1 aliphatic rings. The van der Waals surface area contributed by atoms with Crippen LogP contribution in [0.25, 0.3) is 0 Å². The van der Waals surface area contributed by atoms with Crippen molar-refractivity contribution < 1.29 is 9.53 Å². The lowest BCUT2D eigenvalue weighted by molar-refractivity contribution is -0.119. The molecule has 1 aromatic carbocycles. The maximum atomic E-state index is 11.6. The summed E-state index contributed by atoms with van der Waals surface area (Å²) in [5.74, 6) is 2.21. The number of aliphatic imine (C=N–C) groups is 1. The number of likely N-dealkylation sites (N-methyl/N-ethyl adjacent to an activating group) is 1. The van der Waals surface area contributed by atoms with Crippen molar-refractivity contribution in [3.8, 4) is 5.75 Å². The van der Waals surface area contributed by atoms with Crippen molar-refractivity contribution >= 4 is 35.8 Å². The number of rotatable bonds is 9. The molecule has 0 aromatic heterocycles. The van der Waals surface area contributed by atoms with Crippen molar-refractivity contribution in [3.05, 3.63) is 29.3 Å². The quantitative estimate of drug-likeness (QED) is 0.292. The Morgan fingerprint density at radius 2 is 1.92 bits per heavy atom. The van der Waals surface area contributed by atoms with E-state index in [2.05, 4.69) is 46.1 Å². The van der Waals surface area contributed by atoms with Crippen LogP contribution in [0.2, 0.25) is 0 Å². The van der Waals surface area contributed by atoms with Gasteiger partial charge in [0.1, 0.15) is 5.75 Å². The van der Waals surface area contributed by atoms with Gasteiger partial charge in [0.25, 0.3) is 0 Å². The predicted octanol–water partition coefficient (Wildman–Crippen LogP) is 2.59. The first kappa shape index (κ1) is 22.5. The van der Waals surface area contributed by atoms with Crippen LogP contribution in [-0.4, -0.2) is 38.1 Å². The monoisotopic (exact) mass is 474 g/mol. The number of guanidine groups is 1. The van der Waals surface area contributed by atoms with E-state index in [9.17, 15) is 4.79 Å². The smallest absolute Gasteiger partial charge is 0.239 e. The van der Waals surface area contributed by atoms with Crippen LogP contribution in [0.4, 0.5) is 0 Å². The van der Waals surface area contributed by atoms with Crippen LogP contribution in [0.1, 0.15) is 37.8 Å². The Bertz CT molecular complexity index is 603. The fraction of sp³-hybridized carbons (Fsp3) is 0.579. The number of halogens is 1. The van der Waals surface area contributed by atoms with Gasteiger partial charge < -0.3 is 20.7 Å². The number of benzene rings is 1. The summed E-state index contributed by atoms with van der Waals surface area (Å²) in [4.78, 5) is 16.2. The molecule has 0 unspecified atom stereocenters. The van der Waals surface area contributed by atoms with E-state index in [1.54, 1.807) is 0 Å². The first-order chi connectivity index (χ1) is 12.1. The second-order valence-electron chi connectivity index (χ2n) is 6.37. The maximum Gasteiger partial charge on any atom is 0.239 e. The van der Waals surface area contributed by atoms with Gasteiger partial charge in [0.15, 0.2) is 5.96 Å². The zero-order valence-electron chi connectivity index (χ0n) is 15.9. The summed E-state index contributed by atoms with van der Waals surface area (Å²) < 4.78 is 5.99. The van der Waals surface area contributed by atoms with Gasteiger partial charge in [-0.2, -0.15) is 0 Å². The predicted molar refractivity (Wildman–Crippen MR) is 116 cm³/mol. The number of carbonyl (C=O) groups excluding carboxylic acids is 1. The molecule has 0 saturated heterocycles. The molecule has 0 aliphatic heterocycles. The van der Waals surface area contributed by atoms with Crippen molar-refractivity contribution in [1.29, 1.82) is 0 Å². The minimum atomic E-state index is -0.0445. The van der Waals surface area contributed by atoms with Crippen LogP contribution in [0, 0.1) is 12.8 Å². The molecule has 0 spiro atoms. The molecule has 1 aliphatic carbocycles. The Morgan fingerprint density at radius 1 is 1.19 bits per heavy atom. The number of hydrogen-bond acceptors (Lipinski definition) is 3. The molecule has 1 fully saturated rings. The lowest BCUT2D eigenvalue weighted by atomic mass is 10.1. The van der Waals surface area contributed by atoms with E-state index in [-0.39, 0.29) is 36.4 Å². The summed E-state index contributed by atoms with van der Waals surface area (Å²) in [7, 11) is 0. The zero-order valence-corrected chi connectivity index (χ0v) is 18.3. The lowest BCUT2D eigenvalue weighted by Gasteiger charge is -2.13. The Hall–Kier alpha value is -1.51. The van der Waals surface area contributed by atoms with E-state index in [1.807, 2.05) is 13.8 Å². The fourth-order valence-electron chi connectivity index (χ4n) is 2.35. The van der Waals surface area contributed by atoms with Gasteiger partial charge in [0.2, 0.25) is 5.91 Å². The van der Waals surface area contributed by atoms with E-state index in [1.165, 1.54) is 18.4 Å². The Balaban J connectivity index is 0.00000338. The van der Waals surface area contributed by atoms with Crippen LogP contribution in [0.15, 0.2) is 23.2 Å². The van der Waals surface area contributed by atoms with E-state index in [0.29, 0.717) is 25.0 Å². The lowest BCUT2D eigenvalue weighted by Crippen LogP contribution is -2.43. The fourth-order valence-corrected chi connectivity index (χ4v) is 2.35. The SMILES string of the molecule is CCNC(=O)CNC(=NCc1ccc(C)cc1OCC1CC1)NCC.I. The summed E-state index contributed by atoms with van der Waals surface area (Å²) in [6, 6.07) is 6.21. The average Bonchev–Trinajstić information content (AvgIpc) is 3.41. The van der Waals surface area contributed by atoms with Gasteiger partial charge in [0.05, 0.1) is 19.7 Å². The highest BCUT2D eigenvalue weighted by atomic mass is 127. The first-order valence-corrected chi connectivity index (χ1v) is 9.13.